The molecule has 0 aliphatic carbocycles. The van der Waals surface area contributed by atoms with E-state index in [9.17, 15) is 14.9 Å². The van der Waals surface area contributed by atoms with Crippen molar-refractivity contribution in [1.29, 1.82) is 0 Å². The maximum Gasteiger partial charge on any atom is 0.364 e. The molecule has 0 aliphatic rings. The maximum absolute atomic E-state index is 11.4. The van der Waals surface area contributed by atoms with Crippen LogP contribution in [0.4, 0.5) is 11.5 Å². The monoisotopic (exact) mass is 286 g/mol. The lowest BCUT2D eigenvalue weighted by Crippen LogP contribution is -2.13. The van der Waals surface area contributed by atoms with Crippen LogP contribution < -0.4 is 11.0 Å². The van der Waals surface area contributed by atoms with Gasteiger partial charge in [-0.1, -0.05) is 12.1 Å². The van der Waals surface area contributed by atoms with Gasteiger partial charge in [-0.3, -0.25) is 10.1 Å². The Balaban J connectivity index is 1.75. The van der Waals surface area contributed by atoms with Crippen molar-refractivity contribution in [1.82, 2.24) is 19.8 Å². The molecule has 2 N–H and O–H groups in total. The molecule has 0 radical (unpaired) electrons. The molecule has 2 heterocycles. The summed E-state index contributed by atoms with van der Waals surface area (Å²) in [6.07, 6.45) is 0. The second-order valence-corrected chi connectivity index (χ2v) is 4.29. The van der Waals surface area contributed by atoms with Crippen LogP contribution in [0, 0.1) is 10.1 Å². The first-order chi connectivity index (χ1) is 10.1. The Morgan fingerprint density at radius 3 is 2.71 bits per heavy atom. The summed E-state index contributed by atoms with van der Waals surface area (Å²) in [5, 5.41) is 23.8. The number of benzene rings is 1. The number of hydrogen-bond acceptors (Lipinski definition) is 6. The SMILES string of the molecule is O=c1[nH]nc2ccc(NCc3ccc([N+](=O)[O-])cc3)nn12. The summed E-state index contributed by atoms with van der Waals surface area (Å²) in [4.78, 5) is 21.5. The molecule has 0 unspecified atom stereocenters. The zero-order chi connectivity index (χ0) is 14.8. The zero-order valence-corrected chi connectivity index (χ0v) is 10.7. The summed E-state index contributed by atoms with van der Waals surface area (Å²) in [6, 6.07) is 9.55. The minimum atomic E-state index is -0.446. The fraction of sp³-hybridized carbons (Fsp3) is 0.0833. The molecule has 106 valence electrons. The van der Waals surface area contributed by atoms with E-state index in [0.29, 0.717) is 18.0 Å². The molecule has 1 aromatic carbocycles. The average molecular weight is 286 g/mol. The number of non-ortho nitro benzene ring substituents is 1. The van der Waals surface area contributed by atoms with Crippen LogP contribution in [-0.4, -0.2) is 24.7 Å². The van der Waals surface area contributed by atoms with Gasteiger partial charge in [-0.05, 0) is 17.7 Å². The Labute approximate surface area is 117 Å². The van der Waals surface area contributed by atoms with Gasteiger partial charge in [0.2, 0.25) is 0 Å². The van der Waals surface area contributed by atoms with Crippen LogP contribution in [-0.2, 0) is 6.54 Å². The van der Waals surface area contributed by atoms with Gasteiger partial charge in [0.25, 0.3) is 5.69 Å². The standard InChI is InChI=1S/C12H10N6O3/c19-12-15-14-11-6-5-10(16-17(11)12)13-7-8-1-3-9(4-2-8)18(20)21/h1-6H,7H2,(H,13,16)(H,15,19). The fourth-order valence-electron chi connectivity index (χ4n) is 1.83. The Morgan fingerprint density at radius 1 is 1.24 bits per heavy atom. The summed E-state index contributed by atoms with van der Waals surface area (Å²) in [5.41, 5.74) is 0.926. The largest absolute Gasteiger partial charge is 0.365 e. The topological polar surface area (TPSA) is 118 Å². The molecule has 9 heteroatoms. The van der Waals surface area contributed by atoms with Crippen molar-refractivity contribution in [3.8, 4) is 0 Å². The molecule has 3 rings (SSSR count). The third-order valence-electron chi connectivity index (χ3n) is 2.89. The van der Waals surface area contributed by atoms with E-state index in [1.54, 1.807) is 24.3 Å². The van der Waals surface area contributed by atoms with E-state index in [0.717, 1.165) is 10.1 Å². The van der Waals surface area contributed by atoms with Crippen LogP contribution in [0.15, 0.2) is 41.2 Å². The van der Waals surface area contributed by atoms with E-state index in [1.165, 1.54) is 12.1 Å². The van der Waals surface area contributed by atoms with Gasteiger partial charge in [0, 0.05) is 18.7 Å². The molecule has 0 spiro atoms. The lowest BCUT2D eigenvalue weighted by Gasteiger charge is -2.05. The van der Waals surface area contributed by atoms with Crippen LogP contribution in [0.3, 0.4) is 0 Å². The molecule has 0 saturated carbocycles. The highest BCUT2D eigenvalue weighted by molar-refractivity contribution is 5.43. The van der Waals surface area contributed by atoms with Gasteiger partial charge in [0.15, 0.2) is 5.65 Å². The smallest absolute Gasteiger partial charge is 0.364 e. The number of nitrogens with one attached hydrogen (secondary N) is 2. The quantitative estimate of drug-likeness (QED) is 0.544. The number of aromatic amines is 1. The van der Waals surface area contributed by atoms with Gasteiger partial charge in [-0.15, -0.1) is 5.10 Å². The van der Waals surface area contributed by atoms with E-state index in [-0.39, 0.29) is 5.69 Å². The van der Waals surface area contributed by atoms with Crippen molar-refractivity contribution in [3.63, 3.8) is 0 Å². The molecule has 0 fully saturated rings. The van der Waals surface area contributed by atoms with Gasteiger partial charge >= 0.3 is 5.69 Å². The molecular weight excluding hydrogens is 276 g/mol. The molecule has 21 heavy (non-hydrogen) atoms. The van der Waals surface area contributed by atoms with E-state index in [2.05, 4.69) is 20.6 Å². The summed E-state index contributed by atoms with van der Waals surface area (Å²) in [7, 11) is 0. The van der Waals surface area contributed by atoms with Gasteiger partial charge in [0.1, 0.15) is 5.82 Å². The van der Waals surface area contributed by atoms with Crippen LogP contribution in [0.5, 0.6) is 0 Å². The fourth-order valence-corrected chi connectivity index (χ4v) is 1.83. The van der Waals surface area contributed by atoms with E-state index < -0.39 is 10.6 Å². The lowest BCUT2D eigenvalue weighted by molar-refractivity contribution is -0.384. The van der Waals surface area contributed by atoms with Gasteiger partial charge < -0.3 is 5.32 Å². The molecule has 0 amide bonds. The third-order valence-corrected chi connectivity index (χ3v) is 2.89. The van der Waals surface area contributed by atoms with Gasteiger partial charge in [0.05, 0.1) is 4.92 Å². The highest BCUT2D eigenvalue weighted by Gasteiger charge is 2.05. The molecular formula is C12H10N6O3. The summed E-state index contributed by atoms with van der Waals surface area (Å²) in [6.45, 7) is 0.434. The second kappa shape index (κ2) is 5.04. The number of fused-ring (bicyclic) bond motifs is 1. The third kappa shape index (κ3) is 2.56. The number of rotatable bonds is 4. The number of H-pyrrole nitrogens is 1. The minimum Gasteiger partial charge on any atom is -0.365 e. The summed E-state index contributed by atoms with van der Waals surface area (Å²) < 4.78 is 1.15. The number of nitrogens with zero attached hydrogens (tertiary/aromatic N) is 4. The summed E-state index contributed by atoms with van der Waals surface area (Å²) in [5.74, 6) is 0.504. The first kappa shape index (κ1) is 12.8. The lowest BCUT2D eigenvalue weighted by atomic mass is 10.2. The highest BCUT2D eigenvalue weighted by atomic mass is 16.6. The van der Waals surface area contributed by atoms with Gasteiger partial charge in [-0.25, -0.2) is 9.89 Å². The van der Waals surface area contributed by atoms with E-state index >= 15 is 0 Å². The number of nitro groups is 1. The molecule has 9 nitrogen and oxygen atoms in total. The van der Waals surface area contributed by atoms with Crippen molar-refractivity contribution in [2.75, 3.05) is 5.32 Å². The van der Waals surface area contributed by atoms with Crippen LogP contribution in [0.25, 0.3) is 5.65 Å². The van der Waals surface area contributed by atoms with Crippen molar-refractivity contribution < 1.29 is 4.92 Å². The molecule has 0 aliphatic heterocycles. The van der Waals surface area contributed by atoms with E-state index in [1.807, 2.05) is 0 Å². The maximum atomic E-state index is 11.4. The Kier molecular flexibility index (Phi) is 3.07. The molecule has 0 bridgehead atoms. The van der Waals surface area contributed by atoms with Gasteiger partial charge in [-0.2, -0.15) is 9.61 Å². The molecule has 0 atom stereocenters. The number of aromatic nitrogens is 4. The predicted octanol–water partition coefficient (Wildman–Crippen LogP) is 0.938. The van der Waals surface area contributed by atoms with Crippen LogP contribution in [0.2, 0.25) is 0 Å². The Hall–Kier alpha value is -3.23. The van der Waals surface area contributed by atoms with Crippen molar-refractivity contribution in [3.05, 3.63) is 62.6 Å². The zero-order valence-electron chi connectivity index (χ0n) is 10.7. The normalized spacial score (nSPS) is 10.7. The van der Waals surface area contributed by atoms with Crippen LogP contribution in [0.1, 0.15) is 5.56 Å². The average Bonchev–Trinajstić information content (AvgIpc) is 2.87. The first-order valence-corrected chi connectivity index (χ1v) is 6.05. The Bertz CT molecular complexity index is 851. The van der Waals surface area contributed by atoms with Crippen molar-refractivity contribution in [2.45, 2.75) is 6.54 Å². The number of hydrogen-bond donors (Lipinski definition) is 2. The van der Waals surface area contributed by atoms with E-state index in [4.69, 9.17) is 0 Å². The molecule has 3 aromatic rings. The van der Waals surface area contributed by atoms with Crippen molar-refractivity contribution >= 4 is 17.2 Å². The van der Waals surface area contributed by atoms with Crippen molar-refractivity contribution in [2.24, 2.45) is 0 Å². The predicted molar refractivity (Wildman–Crippen MR) is 74.0 cm³/mol. The minimum absolute atomic E-state index is 0.0447. The highest BCUT2D eigenvalue weighted by Crippen LogP contribution is 2.13. The summed E-state index contributed by atoms with van der Waals surface area (Å²) >= 11 is 0. The Morgan fingerprint density at radius 2 is 2.00 bits per heavy atom. The molecule has 0 saturated heterocycles. The number of nitro benzene ring substituents is 1. The first-order valence-electron chi connectivity index (χ1n) is 6.05. The molecule has 2 aromatic heterocycles. The second-order valence-electron chi connectivity index (χ2n) is 4.29. The van der Waals surface area contributed by atoms with Crippen LogP contribution >= 0.6 is 0 Å². The number of anilines is 1.